The average Bonchev–Trinajstić information content (AvgIpc) is 2.88. The molecule has 1 saturated carbocycles. The first kappa shape index (κ1) is 12.2. The molecule has 2 nitrogen and oxygen atoms in total. The highest BCUT2D eigenvalue weighted by atomic mass is 16.5. The van der Waals surface area contributed by atoms with Gasteiger partial charge in [-0.25, -0.2) is 0 Å². The number of benzene rings is 1. The number of hydrogen-bond donors (Lipinski definition) is 1. The van der Waals surface area contributed by atoms with Crippen LogP contribution in [0.2, 0.25) is 0 Å². The Balaban J connectivity index is 1.81. The lowest BCUT2D eigenvalue weighted by Crippen LogP contribution is -2.39. The van der Waals surface area contributed by atoms with E-state index in [9.17, 15) is 0 Å². The smallest absolute Gasteiger partial charge is 0.0835 e. The van der Waals surface area contributed by atoms with Crippen LogP contribution in [0.4, 0.5) is 0 Å². The molecular weight excluding hydrogens is 222 g/mol. The maximum atomic E-state index is 6.49. The van der Waals surface area contributed by atoms with Crippen molar-refractivity contribution >= 4 is 0 Å². The summed E-state index contributed by atoms with van der Waals surface area (Å²) in [7, 11) is 0. The van der Waals surface area contributed by atoms with Crippen LogP contribution < -0.4 is 5.73 Å². The van der Waals surface area contributed by atoms with E-state index >= 15 is 0 Å². The first-order valence-corrected chi connectivity index (χ1v) is 7.29. The summed E-state index contributed by atoms with van der Waals surface area (Å²) in [5.74, 6) is 0. The van der Waals surface area contributed by atoms with Crippen LogP contribution in [0, 0.1) is 0 Å². The number of aryl methyl sites for hydroxylation is 1. The molecule has 0 spiro atoms. The van der Waals surface area contributed by atoms with Crippen molar-refractivity contribution in [3.63, 3.8) is 0 Å². The van der Waals surface area contributed by atoms with Crippen LogP contribution in [-0.2, 0) is 11.2 Å². The Morgan fingerprint density at radius 2 is 1.94 bits per heavy atom. The second kappa shape index (κ2) is 5.02. The first-order valence-electron chi connectivity index (χ1n) is 7.29. The zero-order chi connectivity index (χ0) is 12.4. The summed E-state index contributed by atoms with van der Waals surface area (Å²) < 4.78 is 6.49. The zero-order valence-electron chi connectivity index (χ0n) is 11.0. The van der Waals surface area contributed by atoms with Gasteiger partial charge in [0.25, 0.3) is 0 Å². The number of ether oxygens (including phenoxy) is 1. The zero-order valence-corrected chi connectivity index (χ0v) is 11.0. The van der Waals surface area contributed by atoms with Crippen molar-refractivity contribution in [3.8, 4) is 0 Å². The molecule has 2 aliphatic rings. The molecule has 0 radical (unpaired) electrons. The summed E-state index contributed by atoms with van der Waals surface area (Å²) in [4.78, 5) is 0. The van der Waals surface area contributed by atoms with E-state index in [0.717, 1.165) is 19.3 Å². The molecule has 0 aliphatic heterocycles. The maximum Gasteiger partial charge on any atom is 0.0835 e. The fraction of sp³-hybridized carbons (Fsp3) is 0.625. The third kappa shape index (κ3) is 2.19. The Kier molecular flexibility index (Phi) is 3.40. The lowest BCUT2D eigenvalue weighted by Gasteiger charge is -2.35. The summed E-state index contributed by atoms with van der Waals surface area (Å²) >= 11 is 0. The fourth-order valence-corrected chi connectivity index (χ4v) is 3.52. The standard InChI is InChI=1S/C16H23NO/c17-12-16(10-3-4-11-16)18-15-9-5-7-13-6-1-2-8-14(13)15/h1-2,6,8,15H,3-5,7,9-12,17H2. The summed E-state index contributed by atoms with van der Waals surface area (Å²) in [6.07, 6.45) is 8.69. The molecule has 0 saturated heterocycles. The van der Waals surface area contributed by atoms with Crippen molar-refractivity contribution in [1.29, 1.82) is 0 Å². The van der Waals surface area contributed by atoms with E-state index in [0.29, 0.717) is 6.54 Å². The number of nitrogens with two attached hydrogens (primary N) is 1. The molecule has 1 unspecified atom stereocenters. The monoisotopic (exact) mass is 245 g/mol. The van der Waals surface area contributed by atoms with Gasteiger partial charge in [0.1, 0.15) is 0 Å². The van der Waals surface area contributed by atoms with Gasteiger partial charge in [-0.05, 0) is 43.2 Å². The molecule has 2 N–H and O–H groups in total. The van der Waals surface area contributed by atoms with E-state index in [1.807, 2.05) is 0 Å². The van der Waals surface area contributed by atoms with Gasteiger partial charge in [0.05, 0.1) is 11.7 Å². The Labute approximate surface area is 110 Å². The van der Waals surface area contributed by atoms with E-state index in [2.05, 4.69) is 24.3 Å². The SMILES string of the molecule is NCC1(OC2CCCc3ccccc32)CCCC1. The molecule has 0 amide bonds. The van der Waals surface area contributed by atoms with Crippen molar-refractivity contribution < 1.29 is 4.74 Å². The third-order valence-corrected chi connectivity index (χ3v) is 4.59. The Morgan fingerprint density at radius 1 is 1.17 bits per heavy atom. The second-order valence-corrected chi connectivity index (χ2v) is 5.79. The Hall–Kier alpha value is -0.860. The van der Waals surface area contributed by atoms with Crippen LogP contribution in [0.15, 0.2) is 24.3 Å². The van der Waals surface area contributed by atoms with Crippen LogP contribution in [0.5, 0.6) is 0 Å². The van der Waals surface area contributed by atoms with Gasteiger partial charge in [-0.2, -0.15) is 0 Å². The first-order chi connectivity index (χ1) is 8.83. The fourth-order valence-electron chi connectivity index (χ4n) is 3.52. The molecular formula is C16H23NO. The van der Waals surface area contributed by atoms with Crippen LogP contribution in [-0.4, -0.2) is 12.1 Å². The molecule has 1 fully saturated rings. The Morgan fingerprint density at radius 3 is 2.72 bits per heavy atom. The van der Waals surface area contributed by atoms with Crippen molar-refractivity contribution in [2.24, 2.45) is 5.73 Å². The third-order valence-electron chi connectivity index (χ3n) is 4.59. The predicted octanol–water partition coefficient (Wildman–Crippen LogP) is 3.35. The molecule has 1 aromatic rings. The highest BCUT2D eigenvalue weighted by molar-refractivity contribution is 5.31. The van der Waals surface area contributed by atoms with Gasteiger partial charge >= 0.3 is 0 Å². The van der Waals surface area contributed by atoms with Crippen LogP contribution >= 0.6 is 0 Å². The molecule has 0 heterocycles. The topological polar surface area (TPSA) is 35.2 Å². The summed E-state index contributed by atoms with van der Waals surface area (Å²) in [5.41, 5.74) is 8.83. The van der Waals surface area contributed by atoms with Gasteiger partial charge in [0, 0.05) is 6.54 Å². The van der Waals surface area contributed by atoms with Gasteiger partial charge in [-0.3, -0.25) is 0 Å². The maximum absolute atomic E-state index is 6.49. The molecule has 2 aliphatic carbocycles. The molecule has 2 heteroatoms. The van der Waals surface area contributed by atoms with Crippen LogP contribution in [0.3, 0.4) is 0 Å². The van der Waals surface area contributed by atoms with Crippen molar-refractivity contribution in [1.82, 2.24) is 0 Å². The molecule has 0 bridgehead atoms. The predicted molar refractivity (Wildman–Crippen MR) is 73.5 cm³/mol. The van der Waals surface area contributed by atoms with E-state index in [4.69, 9.17) is 10.5 Å². The minimum Gasteiger partial charge on any atom is -0.366 e. The summed E-state index contributed by atoms with van der Waals surface area (Å²) in [6, 6.07) is 8.74. The van der Waals surface area contributed by atoms with Crippen molar-refractivity contribution in [2.45, 2.75) is 56.7 Å². The van der Waals surface area contributed by atoms with Gasteiger partial charge in [0.2, 0.25) is 0 Å². The minimum absolute atomic E-state index is 0.0326. The highest BCUT2D eigenvalue weighted by Crippen LogP contribution is 2.41. The van der Waals surface area contributed by atoms with E-state index < -0.39 is 0 Å². The van der Waals surface area contributed by atoms with Gasteiger partial charge < -0.3 is 10.5 Å². The van der Waals surface area contributed by atoms with E-state index in [1.54, 1.807) is 0 Å². The average molecular weight is 245 g/mol. The van der Waals surface area contributed by atoms with Crippen LogP contribution in [0.1, 0.15) is 55.8 Å². The summed E-state index contributed by atoms with van der Waals surface area (Å²) in [6.45, 7) is 0.672. The van der Waals surface area contributed by atoms with Gasteiger partial charge in [-0.1, -0.05) is 37.1 Å². The second-order valence-electron chi connectivity index (χ2n) is 5.79. The van der Waals surface area contributed by atoms with Gasteiger partial charge in [-0.15, -0.1) is 0 Å². The molecule has 1 atom stereocenters. The molecule has 3 rings (SSSR count). The van der Waals surface area contributed by atoms with Gasteiger partial charge in [0.15, 0.2) is 0 Å². The quantitative estimate of drug-likeness (QED) is 0.886. The van der Waals surface area contributed by atoms with E-state index in [1.165, 1.54) is 36.8 Å². The number of hydrogen-bond acceptors (Lipinski definition) is 2. The largest absolute Gasteiger partial charge is 0.366 e. The molecule has 0 aromatic heterocycles. The number of fused-ring (bicyclic) bond motifs is 1. The van der Waals surface area contributed by atoms with Crippen molar-refractivity contribution in [2.75, 3.05) is 6.54 Å². The molecule has 18 heavy (non-hydrogen) atoms. The van der Waals surface area contributed by atoms with E-state index in [-0.39, 0.29) is 11.7 Å². The van der Waals surface area contributed by atoms with Crippen LogP contribution in [0.25, 0.3) is 0 Å². The molecule has 1 aromatic carbocycles. The lowest BCUT2D eigenvalue weighted by molar-refractivity contribution is -0.0923. The molecule has 98 valence electrons. The highest BCUT2D eigenvalue weighted by Gasteiger charge is 2.37. The Bertz CT molecular complexity index is 409. The minimum atomic E-state index is -0.0326. The number of rotatable bonds is 3. The van der Waals surface area contributed by atoms with Crippen molar-refractivity contribution in [3.05, 3.63) is 35.4 Å². The summed E-state index contributed by atoms with van der Waals surface area (Å²) in [5, 5.41) is 0. The normalized spacial score (nSPS) is 25.9. The lowest BCUT2D eigenvalue weighted by atomic mass is 9.88.